The van der Waals surface area contributed by atoms with E-state index in [-0.39, 0.29) is 63.4 Å². The number of anilines is 4. The number of carbonyl (C=O) groups excluding carboxylic acids is 3. The number of benzene rings is 6. The van der Waals surface area contributed by atoms with Gasteiger partial charge in [-0.05, 0) is 162 Å². The molecule has 9 aromatic rings. The topological polar surface area (TPSA) is 363 Å². The first-order chi connectivity index (χ1) is 48.3. The van der Waals surface area contributed by atoms with E-state index in [1.54, 1.807) is 50.2 Å². The van der Waals surface area contributed by atoms with Crippen molar-refractivity contribution in [2.45, 2.75) is 118 Å². The summed E-state index contributed by atoms with van der Waals surface area (Å²) >= 11 is 0. The zero-order valence-corrected chi connectivity index (χ0v) is 56.9. The summed E-state index contributed by atoms with van der Waals surface area (Å²) < 4.78 is 77.6. The molecule has 536 valence electrons. The van der Waals surface area contributed by atoms with Crippen LogP contribution in [0, 0.1) is 53.2 Å². The third-order valence-electron chi connectivity index (χ3n) is 17.6. The number of carboxylic acids is 3. The van der Waals surface area contributed by atoms with Crippen LogP contribution in [0.3, 0.4) is 0 Å². The van der Waals surface area contributed by atoms with Crippen LogP contribution in [0.1, 0.15) is 168 Å². The highest BCUT2D eigenvalue weighted by molar-refractivity contribution is 5.98. The van der Waals surface area contributed by atoms with Crippen LogP contribution in [-0.4, -0.2) is 124 Å². The summed E-state index contributed by atoms with van der Waals surface area (Å²) in [5.41, 5.74) is 25.0. The van der Waals surface area contributed by atoms with Crippen LogP contribution in [-0.2, 0) is 24.4 Å². The Labute approximate surface area is 582 Å². The molecule has 0 bridgehead atoms. The molecule has 6 aromatic carbocycles. The van der Waals surface area contributed by atoms with Gasteiger partial charge >= 0.3 is 24.1 Å². The summed E-state index contributed by atoms with van der Waals surface area (Å²) in [6.45, 7) is 14.6. The summed E-state index contributed by atoms with van der Waals surface area (Å²) in [6.07, 6.45) is -2.39. The molecule has 102 heavy (non-hydrogen) atoms. The molecule has 1 aliphatic heterocycles. The molecule has 29 heteroatoms. The number of carboxylic acid groups (broad SMARTS) is 3. The molecule has 3 amide bonds. The fourth-order valence-corrected chi connectivity index (χ4v) is 11.8. The first-order valence-corrected chi connectivity index (χ1v) is 32.5. The van der Waals surface area contributed by atoms with E-state index < -0.39 is 70.3 Å². The Morgan fingerprint density at radius 3 is 1.33 bits per heavy atom. The van der Waals surface area contributed by atoms with E-state index in [0.717, 1.165) is 63.9 Å². The summed E-state index contributed by atoms with van der Waals surface area (Å²) in [4.78, 5) is 75.1. The van der Waals surface area contributed by atoms with Gasteiger partial charge in [-0.15, -0.1) is 5.10 Å². The normalized spacial score (nSPS) is 14.7. The number of hydrogen-bond acceptors (Lipinski definition) is 15. The van der Waals surface area contributed by atoms with Gasteiger partial charge in [0.25, 0.3) is 17.7 Å². The maximum Gasteiger partial charge on any atom is 0.397 e. The minimum atomic E-state index is -4.82. The summed E-state index contributed by atoms with van der Waals surface area (Å²) in [5.74, 6) is -9.29. The first kappa shape index (κ1) is 74.8. The number of aliphatic hydroxyl groups excluding tert-OH is 1. The highest BCUT2D eigenvalue weighted by Crippen LogP contribution is 2.40. The molecule has 0 radical (unpaired) electrons. The van der Waals surface area contributed by atoms with Gasteiger partial charge in [0.2, 0.25) is 0 Å². The Balaban J connectivity index is 0.000000178. The van der Waals surface area contributed by atoms with Crippen molar-refractivity contribution < 1.29 is 75.9 Å². The Hall–Kier alpha value is -11.5. The van der Waals surface area contributed by atoms with Crippen molar-refractivity contribution in [3.05, 3.63) is 222 Å². The van der Waals surface area contributed by atoms with Crippen LogP contribution in [0.25, 0.3) is 17.1 Å². The molecule has 1 atom stereocenters. The number of hydrogen-bond donors (Lipinski definition) is 10. The Morgan fingerprint density at radius 2 is 0.922 bits per heavy atom. The maximum atomic E-state index is 14.9. The zero-order valence-electron chi connectivity index (χ0n) is 56.9. The van der Waals surface area contributed by atoms with Gasteiger partial charge in [-0.3, -0.25) is 14.4 Å². The van der Waals surface area contributed by atoms with Gasteiger partial charge in [0, 0.05) is 55.3 Å². The number of aliphatic hydroxyl groups is 1. The number of carbonyl (C=O) groups is 6. The molecule has 1 unspecified atom stereocenters. The molecule has 24 nitrogen and oxygen atoms in total. The van der Waals surface area contributed by atoms with Gasteiger partial charge in [-0.1, -0.05) is 77.4 Å². The average Bonchev–Trinajstić information content (AvgIpc) is 1.63. The number of halogens is 5. The number of aromatic nitrogens is 6. The molecule has 2 aliphatic rings. The molecule has 1 saturated heterocycles. The molecule has 13 N–H and O–H groups in total. The Bertz CT molecular complexity index is 4610. The number of nitrogens with zero attached hydrogens (tertiary/aromatic N) is 7. The zero-order chi connectivity index (χ0) is 74.2. The summed E-state index contributed by atoms with van der Waals surface area (Å²) in [7, 11) is 0. The third kappa shape index (κ3) is 17.2. The highest BCUT2D eigenvalue weighted by Gasteiger charge is 2.42. The molecule has 1 saturated carbocycles. The largest absolute Gasteiger partial charge is 0.476 e. The van der Waals surface area contributed by atoms with Crippen LogP contribution in [0.2, 0.25) is 0 Å². The quantitative estimate of drug-likeness (QED) is 0.0357. The number of amides is 3. The standard InChI is InChI=1S/C26H30N4O4.C24H27N5O4.C23H21F5N4O3/c1-15-3-4-16(2)21(13-15)25(32)28-14-17-5-9-19(10-6-17)30-24(26(33)34)22(27)23(29-30)18-7-11-20(31)12-8-18;1-15-3-4-16(2)19(13-15)23(30)26-14-17-5-7-18(8-6-17)29-21(24(31)32)20(25)22(27-29)28-9-11-33-12-10-28;1-10-4-5-11(2)14(6-10)21(33)30-9-13-7-15(24)19(16(25)8-13)32-20(22(34)35)17(29)18(31-32)12(3)23(26,27)28/h3-6,9-10,13,18,20,31H,7-8,11-12,14,27H2,1-2H3,(H,28,32)(H,33,34);3-8,13H,9-12,14,25H2,1-2H3,(H,26,30)(H,31,32);4-8,12H,9,29H2,1-3H3,(H,30,33)(H,34,35). The number of aryl methyl sites for hydroxylation is 6. The van der Waals surface area contributed by atoms with E-state index in [0.29, 0.717) is 104 Å². The number of nitrogen functional groups attached to an aromatic ring is 3. The molecule has 1 aliphatic carbocycles. The van der Waals surface area contributed by atoms with Crippen molar-refractivity contribution in [2.24, 2.45) is 0 Å². The highest BCUT2D eigenvalue weighted by atomic mass is 19.4. The van der Waals surface area contributed by atoms with Gasteiger partial charge in [0.05, 0.1) is 59.4 Å². The van der Waals surface area contributed by atoms with Crippen molar-refractivity contribution in [3.8, 4) is 17.1 Å². The van der Waals surface area contributed by atoms with Crippen LogP contribution in [0.15, 0.2) is 115 Å². The molecule has 3 aromatic heterocycles. The fraction of sp³-hybridized carbons (Fsp3) is 0.301. The predicted molar refractivity (Wildman–Crippen MR) is 371 cm³/mol. The minimum absolute atomic E-state index is 0.0108. The van der Waals surface area contributed by atoms with Gasteiger partial charge in [0.1, 0.15) is 11.4 Å². The van der Waals surface area contributed by atoms with Gasteiger partial charge in [-0.2, -0.15) is 23.4 Å². The number of nitrogens with two attached hydrogens (primary N) is 3. The van der Waals surface area contributed by atoms with Crippen LogP contribution in [0.4, 0.5) is 44.8 Å². The third-order valence-corrected chi connectivity index (χ3v) is 17.6. The second kappa shape index (κ2) is 31.8. The molecule has 11 rings (SSSR count). The van der Waals surface area contributed by atoms with Crippen molar-refractivity contribution >= 4 is 58.5 Å². The van der Waals surface area contributed by atoms with E-state index in [9.17, 15) is 71.1 Å². The SMILES string of the molecule is Cc1ccc(C)c(C(=O)NCc2cc(F)c(-n3nc(C(C)C(F)(F)F)c(N)c3C(=O)O)c(F)c2)c1.Cc1ccc(C)c(C(=O)NCc2ccc(-n3nc(C4CCC(O)CC4)c(N)c3C(=O)O)cc2)c1.Cc1ccc(C)c(C(=O)NCc2ccc(-n3nc(N4CCOCC4)c(N)c3C(=O)O)cc2)c1. The lowest BCUT2D eigenvalue weighted by atomic mass is 9.85. The number of morpholine rings is 1. The van der Waals surface area contributed by atoms with Crippen LogP contribution >= 0.6 is 0 Å². The number of rotatable bonds is 18. The lowest BCUT2D eigenvalue weighted by molar-refractivity contribution is -0.147. The monoisotopic (exact) mass is 1410 g/mol. The van der Waals surface area contributed by atoms with Crippen molar-refractivity contribution in [1.29, 1.82) is 0 Å². The molecular weight excluding hydrogens is 1330 g/mol. The Morgan fingerprint density at radius 1 is 0.529 bits per heavy atom. The lowest BCUT2D eigenvalue weighted by Crippen LogP contribution is -2.36. The van der Waals surface area contributed by atoms with Crippen molar-refractivity contribution in [1.82, 2.24) is 45.3 Å². The van der Waals surface area contributed by atoms with E-state index in [1.165, 1.54) is 9.36 Å². The van der Waals surface area contributed by atoms with E-state index in [2.05, 4.69) is 31.2 Å². The lowest BCUT2D eigenvalue weighted by Gasteiger charge is -2.26. The number of alkyl halides is 3. The summed E-state index contributed by atoms with van der Waals surface area (Å²) in [6, 6.07) is 32.8. The van der Waals surface area contributed by atoms with Crippen LogP contribution < -0.4 is 38.1 Å². The molecular formula is C73H78F5N13O11. The van der Waals surface area contributed by atoms with Crippen molar-refractivity contribution in [3.63, 3.8) is 0 Å². The van der Waals surface area contributed by atoms with E-state index >= 15 is 0 Å². The molecule has 4 heterocycles. The van der Waals surface area contributed by atoms with Crippen LogP contribution in [0.5, 0.6) is 0 Å². The first-order valence-electron chi connectivity index (χ1n) is 32.5. The average molecular weight is 1410 g/mol. The summed E-state index contributed by atoms with van der Waals surface area (Å²) in [5, 5.41) is 59.7. The number of ether oxygens (including phenoxy) is 1. The van der Waals surface area contributed by atoms with E-state index in [4.69, 9.17) is 21.9 Å². The fourth-order valence-electron chi connectivity index (χ4n) is 11.8. The van der Waals surface area contributed by atoms with Crippen molar-refractivity contribution in [2.75, 3.05) is 48.4 Å². The maximum absolute atomic E-state index is 14.9. The van der Waals surface area contributed by atoms with Gasteiger partial charge < -0.3 is 63.2 Å². The smallest absolute Gasteiger partial charge is 0.397 e. The number of nitrogens with one attached hydrogen (secondary N) is 3. The second-order valence-electron chi connectivity index (χ2n) is 25.1. The van der Waals surface area contributed by atoms with Gasteiger partial charge in [-0.25, -0.2) is 37.2 Å². The Kier molecular flexibility index (Phi) is 23.3. The molecule has 0 spiro atoms. The second-order valence-corrected chi connectivity index (χ2v) is 25.1. The molecule has 2 fully saturated rings. The number of aromatic carboxylic acids is 3. The predicted octanol–water partition coefficient (Wildman–Crippen LogP) is 10.9. The van der Waals surface area contributed by atoms with Gasteiger partial charge in [0.15, 0.2) is 34.5 Å². The minimum Gasteiger partial charge on any atom is -0.476 e. The van der Waals surface area contributed by atoms with E-state index in [1.807, 2.05) is 99.3 Å².